The fourth-order valence-corrected chi connectivity index (χ4v) is 2.92. The van der Waals surface area contributed by atoms with Crippen LogP contribution in [0.5, 0.6) is 11.5 Å². The second-order valence-corrected chi connectivity index (χ2v) is 6.99. The van der Waals surface area contributed by atoms with Gasteiger partial charge in [0.05, 0.1) is 23.9 Å². The highest BCUT2D eigenvalue weighted by atomic mass is 16.6. The molecule has 3 rings (SSSR count). The molecule has 0 fully saturated rings. The summed E-state index contributed by atoms with van der Waals surface area (Å²) in [7, 11) is 1.41. The summed E-state index contributed by atoms with van der Waals surface area (Å²) in [5, 5.41) is 18.6. The fraction of sp³-hybridized carbons (Fsp3) is 0.115. The maximum absolute atomic E-state index is 12.8. The van der Waals surface area contributed by atoms with Crippen LogP contribution in [0.3, 0.4) is 0 Å². The van der Waals surface area contributed by atoms with Crippen molar-refractivity contribution in [2.24, 2.45) is 10.2 Å². The number of azo groups is 1. The lowest BCUT2D eigenvalue weighted by Gasteiger charge is -2.09. The van der Waals surface area contributed by atoms with E-state index in [1.807, 2.05) is 0 Å². The van der Waals surface area contributed by atoms with Crippen LogP contribution in [0.2, 0.25) is 0 Å². The van der Waals surface area contributed by atoms with Gasteiger partial charge in [-0.2, -0.15) is 5.11 Å². The Balaban J connectivity index is 1.72. The molecule has 0 radical (unpaired) electrons. The molecule has 0 saturated carbocycles. The lowest BCUT2D eigenvalue weighted by molar-refractivity contribution is -0.138. The highest BCUT2D eigenvalue weighted by molar-refractivity contribution is 6.11. The van der Waals surface area contributed by atoms with E-state index < -0.39 is 11.9 Å². The minimum Gasteiger partial charge on any atom is -0.507 e. The first-order chi connectivity index (χ1) is 16.9. The van der Waals surface area contributed by atoms with Gasteiger partial charge in [-0.3, -0.25) is 4.79 Å². The van der Waals surface area contributed by atoms with Gasteiger partial charge in [0, 0.05) is 17.7 Å². The Morgan fingerprint density at radius 3 is 2.26 bits per heavy atom. The fourth-order valence-electron chi connectivity index (χ4n) is 2.92. The van der Waals surface area contributed by atoms with Crippen LogP contribution in [0.25, 0.3) is 0 Å². The SMILES string of the molecule is C=CC(=O)OCCOC(=O)c1ccc(/N=N/c2cc(C(=O)c3ccccc3)c(O)cc2OC)cc1. The van der Waals surface area contributed by atoms with Crippen LogP contribution >= 0.6 is 0 Å². The van der Waals surface area contributed by atoms with Crippen molar-refractivity contribution in [3.05, 3.63) is 96.1 Å². The van der Waals surface area contributed by atoms with Gasteiger partial charge in [0.25, 0.3) is 0 Å². The Hall–Kier alpha value is -4.79. The van der Waals surface area contributed by atoms with Crippen molar-refractivity contribution in [2.45, 2.75) is 0 Å². The molecule has 1 N–H and O–H groups in total. The first-order valence-electron chi connectivity index (χ1n) is 10.4. The van der Waals surface area contributed by atoms with Crippen molar-refractivity contribution >= 4 is 29.1 Å². The molecule has 9 heteroatoms. The molecular weight excluding hydrogens is 452 g/mol. The van der Waals surface area contributed by atoms with E-state index in [2.05, 4.69) is 16.8 Å². The molecule has 0 saturated heterocycles. The van der Waals surface area contributed by atoms with Gasteiger partial charge in [-0.15, -0.1) is 5.11 Å². The van der Waals surface area contributed by atoms with Crippen molar-refractivity contribution < 1.29 is 33.7 Å². The van der Waals surface area contributed by atoms with Crippen molar-refractivity contribution in [1.82, 2.24) is 0 Å². The molecule has 0 aliphatic rings. The van der Waals surface area contributed by atoms with Gasteiger partial charge in [0.1, 0.15) is 30.4 Å². The number of carbonyl (C=O) groups excluding carboxylic acids is 3. The monoisotopic (exact) mass is 474 g/mol. The van der Waals surface area contributed by atoms with Crippen molar-refractivity contribution in [3.8, 4) is 11.5 Å². The van der Waals surface area contributed by atoms with Gasteiger partial charge in [-0.05, 0) is 30.3 Å². The van der Waals surface area contributed by atoms with E-state index in [4.69, 9.17) is 14.2 Å². The van der Waals surface area contributed by atoms with Crippen molar-refractivity contribution in [2.75, 3.05) is 20.3 Å². The van der Waals surface area contributed by atoms with E-state index in [9.17, 15) is 19.5 Å². The number of methoxy groups -OCH3 is 1. The van der Waals surface area contributed by atoms with Crippen LogP contribution < -0.4 is 4.74 Å². The maximum atomic E-state index is 12.8. The Morgan fingerprint density at radius 2 is 1.60 bits per heavy atom. The number of aromatic hydroxyl groups is 1. The maximum Gasteiger partial charge on any atom is 0.338 e. The first kappa shape index (κ1) is 24.8. The normalized spacial score (nSPS) is 10.5. The molecular formula is C26H22N2O7. The largest absolute Gasteiger partial charge is 0.507 e. The third kappa shape index (κ3) is 6.61. The van der Waals surface area contributed by atoms with E-state index in [0.29, 0.717) is 11.3 Å². The number of carbonyl (C=O) groups is 3. The quantitative estimate of drug-likeness (QED) is 0.145. The number of phenols is 1. The predicted octanol–water partition coefficient (Wildman–Crippen LogP) is 4.93. The number of ether oxygens (including phenoxy) is 3. The Morgan fingerprint density at radius 1 is 0.914 bits per heavy atom. The predicted molar refractivity (Wildman–Crippen MR) is 127 cm³/mol. The number of ketones is 1. The van der Waals surface area contributed by atoms with Gasteiger partial charge in [-0.1, -0.05) is 36.9 Å². The lowest BCUT2D eigenvalue weighted by Crippen LogP contribution is -2.12. The van der Waals surface area contributed by atoms with Gasteiger partial charge in [0.15, 0.2) is 5.78 Å². The highest BCUT2D eigenvalue weighted by Crippen LogP contribution is 2.36. The number of hydrogen-bond donors (Lipinski definition) is 1. The van der Waals surface area contributed by atoms with Crippen molar-refractivity contribution in [1.29, 1.82) is 0 Å². The van der Waals surface area contributed by atoms with Crippen LogP contribution in [-0.2, 0) is 14.3 Å². The van der Waals surface area contributed by atoms with E-state index in [-0.39, 0.29) is 47.3 Å². The molecule has 9 nitrogen and oxygen atoms in total. The Kier molecular flexibility index (Phi) is 8.44. The minimum atomic E-state index is -0.599. The molecule has 0 heterocycles. The standard InChI is InChI=1S/C26H22N2O7/c1-3-24(30)34-13-14-35-26(32)18-9-11-19(12-10-18)27-28-21-15-20(22(29)16-23(21)33-2)25(31)17-7-5-4-6-8-17/h3-12,15-16,29H,1,13-14H2,2H3/b28-27+. The summed E-state index contributed by atoms with van der Waals surface area (Å²) < 4.78 is 15.0. The Labute approximate surface area is 201 Å². The summed E-state index contributed by atoms with van der Waals surface area (Å²) in [5.74, 6) is -1.57. The van der Waals surface area contributed by atoms with Gasteiger partial charge >= 0.3 is 11.9 Å². The Bertz CT molecular complexity index is 1250. The molecule has 0 atom stereocenters. The number of nitrogens with zero attached hydrogens (tertiary/aromatic N) is 2. The molecule has 178 valence electrons. The van der Waals surface area contributed by atoms with E-state index in [1.54, 1.807) is 42.5 Å². The smallest absolute Gasteiger partial charge is 0.338 e. The molecule has 3 aromatic rings. The van der Waals surface area contributed by atoms with E-state index >= 15 is 0 Å². The first-order valence-corrected chi connectivity index (χ1v) is 10.4. The lowest BCUT2D eigenvalue weighted by atomic mass is 10.0. The molecule has 0 bridgehead atoms. The zero-order valence-electron chi connectivity index (χ0n) is 18.8. The van der Waals surface area contributed by atoms with Gasteiger partial charge in [-0.25, -0.2) is 9.59 Å². The van der Waals surface area contributed by atoms with Gasteiger partial charge < -0.3 is 19.3 Å². The van der Waals surface area contributed by atoms with Gasteiger partial charge in [0.2, 0.25) is 0 Å². The molecule has 0 aliphatic carbocycles. The number of benzene rings is 3. The van der Waals surface area contributed by atoms with E-state index in [0.717, 1.165) is 6.08 Å². The van der Waals surface area contributed by atoms with Crippen LogP contribution in [-0.4, -0.2) is 43.2 Å². The van der Waals surface area contributed by atoms with Crippen LogP contribution in [0.15, 0.2) is 89.6 Å². The number of esters is 2. The molecule has 0 amide bonds. The average Bonchev–Trinajstić information content (AvgIpc) is 2.90. The number of hydrogen-bond acceptors (Lipinski definition) is 9. The molecule has 0 aliphatic heterocycles. The third-order valence-corrected chi connectivity index (χ3v) is 4.68. The van der Waals surface area contributed by atoms with Crippen LogP contribution in [0, 0.1) is 0 Å². The highest BCUT2D eigenvalue weighted by Gasteiger charge is 2.17. The van der Waals surface area contributed by atoms with Crippen molar-refractivity contribution in [3.63, 3.8) is 0 Å². The van der Waals surface area contributed by atoms with Crippen LogP contribution in [0.4, 0.5) is 11.4 Å². The van der Waals surface area contributed by atoms with E-state index in [1.165, 1.54) is 31.4 Å². The second-order valence-electron chi connectivity index (χ2n) is 6.99. The van der Waals surface area contributed by atoms with Crippen LogP contribution in [0.1, 0.15) is 26.3 Å². The number of phenolic OH excluding ortho intramolecular Hbond substituents is 1. The molecule has 0 spiro atoms. The summed E-state index contributed by atoms with van der Waals surface area (Å²) in [5.41, 5.74) is 1.41. The molecule has 0 aromatic heterocycles. The summed E-state index contributed by atoms with van der Waals surface area (Å²) in [6, 6.07) is 17.4. The number of rotatable bonds is 10. The molecule has 0 unspecified atom stereocenters. The zero-order chi connectivity index (χ0) is 25.2. The second kappa shape index (κ2) is 11.9. The zero-order valence-corrected chi connectivity index (χ0v) is 18.8. The molecule has 3 aromatic carbocycles. The minimum absolute atomic E-state index is 0.0582. The summed E-state index contributed by atoms with van der Waals surface area (Å²) >= 11 is 0. The molecule has 35 heavy (non-hydrogen) atoms. The topological polar surface area (TPSA) is 124 Å². The summed E-state index contributed by atoms with van der Waals surface area (Å²) in [4.78, 5) is 35.8. The summed E-state index contributed by atoms with van der Waals surface area (Å²) in [6.07, 6.45) is 1.02. The summed E-state index contributed by atoms with van der Waals surface area (Å²) in [6.45, 7) is 3.10. The third-order valence-electron chi connectivity index (χ3n) is 4.68. The average molecular weight is 474 g/mol.